The Kier molecular flexibility index (Phi) is 8.76. The summed E-state index contributed by atoms with van der Waals surface area (Å²) in [6.07, 6.45) is 0. The maximum atomic E-state index is 13.8. The number of anilines is 1. The molecule has 0 spiro atoms. The molecule has 0 unspecified atom stereocenters. The molecule has 1 atom stereocenters. The highest BCUT2D eigenvalue weighted by Gasteiger charge is 2.33. The topological polar surface area (TPSA) is 86.8 Å². The molecular weight excluding hydrogens is 498 g/mol. The first-order valence-electron chi connectivity index (χ1n) is 11.5. The number of hydrogen-bond donors (Lipinski definition) is 1. The zero-order valence-corrected chi connectivity index (χ0v) is 22.3. The van der Waals surface area contributed by atoms with E-state index in [-0.39, 0.29) is 17.3 Å². The fraction of sp³-hybridized carbons (Fsp3) is 0.259. The number of likely N-dealkylation sites (N-methyl/N-ethyl adjacent to an activating group) is 1. The van der Waals surface area contributed by atoms with Gasteiger partial charge in [0.1, 0.15) is 12.6 Å². The van der Waals surface area contributed by atoms with Crippen LogP contribution in [0.2, 0.25) is 5.02 Å². The highest BCUT2D eigenvalue weighted by atomic mass is 35.5. The quantitative estimate of drug-likeness (QED) is 0.449. The Labute approximate surface area is 217 Å². The Bertz CT molecular complexity index is 1350. The van der Waals surface area contributed by atoms with Gasteiger partial charge < -0.3 is 10.2 Å². The molecule has 2 amide bonds. The van der Waals surface area contributed by atoms with Crippen LogP contribution in [0.5, 0.6) is 0 Å². The highest BCUT2D eigenvalue weighted by molar-refractivity contribution is 7.92. The Morgan fingerprint density at radius 2 is 1.64 bits per heavy atom. The first-order valence-corrected chi connectivity index (χ1v) is 13.3. The second kappa shape index (κ2) is 11.6. The summed E-state index contributed by atoms with van der Waals surface area (Å²) in [4.78, 5) is 27.7. The van der Waals surface area contributed by atoms with Gasteiger partial charge in [0.25, 0.3) is 10.0 Å². The van der Waals surface area contributed by atoms with Crippen LogP contribution in [-0.4, -0.2) is 44.8 Å². The number of hydrogen-bond acceptors (Lipinski definition) is 4. The lowest BCUT2D eigenvalue weighted by molar-refractivity contribution is -0.139. The van der Waals surface area contributed by atoms with Crippen molar-refractivity contribution in [2.45, 2.75) is 38.3 Å². The Hall–Kier alpha value is -3.36. The zero-order chi connectivity index (χ0) is 26.5. The lowest BCUT2D eigenvalue weighted by atomic mass is 10.1. The second-order valence-corrected chi connectivity index (χ2v) is 10.8. The molecule has 0 aliphatic carbocycles. The predicted molar refractivity (Wildman–Crippen MR) is 142 cm³/mol. The molecule has 3 rings (SSSR count). The fourth-order valence-electron chi connectivity index (χ4n) is 3.90. The number of aryl methyl sites for hydroxylation is 1. The van der Waals surface area contributed by atoms with Crippen molar-refractivity contribution in [2.24, 2.45) is 0 Å². The van der Waals surface area contributed by atoms with Gasteiger partial charge in [-0.2, -0.15) is 0 Å². The smallest absolute Gasteiger partial charge is 0.264 e. The molecule has 0 aromatic heterocycles. The predicted octanol–water partition coefficient (Wildman–Crippen LogP) is 4.32. The lowest BCUT2D eigenvalue weighted by Gasteiger charge is -2.32. The van der Waals surface area contributed by atoms with Crippen molar-refractivity contribution in [2.75, 3.05) is 17.9 Å². The molecule has 0 saturated carbocycles. The van der Waals surface area contributed by atoms with Gasteiger partial charge in [0, 0.05) is 18.6 Å². The van der Waals surface area contributed by atoms with Gasteiger partial charge in [-0.1, -0.05) is 65.7 Å². The summed E-state index contributed by atoms with van der Waals surface area (Å²) in [5, 5.41) is 2.95. The molecule has 0 radical (unpaired) electrons. The standard InChI is InChI=1S/C27H30ClN3O4S/c1-19-10-8-11-22(16-19)17-30(21(3)27(33)29-4)26(32)18-31(25-15-9-14-24(28)20(25)2)36(34,35)23-12-6-5-7-13-23/h5-16,21H,17-18H2,1-4H3,(H,29,33)/t21-/m1/s1. The van der Waals surface area contributed by atoms with Crippen molar-refractivity contribution < 1.29 is 18.0 Å². The number of rotatable bonds is 9. The first-order chi connectivity index (χ1) is 17.1. The molecule has 0 aliphatic heterocycles. The third-order valence-corrected chi connectivity index (χ3v) is 8.15. The molecule has 3 aromatic carbocycles. The number of benzene rings is 3. The van der Waals surface area contributed by atoms with Gasteiger partial charge in [-0.3, -0.25) is 13.9 Å². The van der Waals surface area contributed by atoms with Crippen LogP contribution in [0.1, 0.15) is 23.6 Å². The molecular formula is C27H30ClN3O4S. The summed E-state index contributed by atoms with van der Waals surface area (Å²) in [5.41, 5.74) is 2.66. The molecule has 0 aliphatic rings. The van der Waals surface area contributed by atoms with Crippen molar-refractivity contribution in [3.05, 3.63) is 94.5 Å². The van der Waals surface area contributed by atoms with Crippen LogP contribution >= 0.6 is 11.6 Å². The third kappa shape index (κ3) is 6.06. The minimum Gasteiger partial charge on any atom is -0.357 e. The number of amides is 2. The van der Waals surface area contributed by atoms with E-state index in [0.717, 1.165) is 15.4 Å². The zero-order valence-electron chi connectivity index (χ0n) is 20.7. The summed E-state index contributed by atoms with van der Waals surface area (Å²) in [7, 11) is -2.63. The number of carbonyl (C=O) groups excluding carboxylic acids is 2. The van der Waals surface area contributed by atoms with E-state index in [1.807, 2.05) is 31.2 Å². The molecule has 0 saturated heterocycles. The van der Waals surface area contributed by atoms with Crippen molar-refractivity contribution in [1.82, 2.24) is 10.2 Å². The molecule has 7 nitrogen and oxygen atoms in total. The normalized spacial score (nSPS) is 12.0. The van der Waals surface area contributed by atoms with Crippen molar-refractivity contribution in [1.29, 1.82) is 0 Å². The number of nitrogens with zero attached hydrogens (tertiary/aromatic N) is 2. The number of sulfonamides is 1. The van der Waals surface area contributed by atoms with Crippen LogP contribution in [0.3, 0.4) is 0 Å². The third-order valence-electron chi connectivity index (χ3n) is 5.97. The average molecular weight is 528 g/mol. The van der Waals surface area contributed by atoms with E-state index in [2.05, 4.69) is 5.32 Å². The molecule has 36 heavy (non-hydrogen) atoms. The SMILES string of the molecule is CNC(=O)[C@@H](C)N(Cc1cccc(C)c1)C(=O)CN(c1cccc(Cl)c1C)S(=O)(=O)c1ccccc1. The molecule has 9 heteroatoms. The molecule has 0 fully saturated rings. The van der Waals surface area contributed by atoms with Crippen LogP contribution in [0.25, 0.3) is 0 Å². The van der Waals surface area contributed by atoms with Crippen molar-refractivity contribution in [3.8, 4) is 0 Å². The summed E-state index contributed by atoms with van der Waals surface area (Å²) >= 11 is 6.32. The van der Waals surface area contributed by atoms with Crippen LogP contribution in [-0.2, 0) is 26.2 Å². The highest BCUT2D eigenvalue weighted by Crippen LogP contribution is 2.31. The summed E-state index contributed by atoms with van der Waals surface area (Å²) in [5.74, 6) is -0.876. The van der Waals surface area contributed by atoms with E-state index < -0.39 is 28.5 Å². The van der Waals surface area contributed by atoms with Gasteiger partial charge in [-0.15, -0.1) is 0 Å². The van der Waals surface area contributed by atoms with Crippen LogP contribution in [0.4, 0.5) is 5.69 Å². The van der Waals surface area contributed by atoms with Gasteiger partial charge in [0.2, 0.25) is 11.8 Å². The van der Waals surface area contributed by atoms with Gasteiger partial charge in [-0.05, 0) is 56.2 Å². The first kappa shape index (κ1) is 27.2. The van der Waals surface area contributed by atoms with E-state index in [0.29, 0.717) is 16.3 Å². The molecule has 3 aromatic rings. The van der Waals surface area contributed by atoms with Gasteiger partial charge >= 0.3 is 0 Å². The van der Waals surface area contributed by atoms with E-state index in [1.165, 1.54) is 24.1 Å². The van der Waals surface area contributed by atoms with E-state index in [9.17, 15) is 18.0 Å². The molecule has 190 valence electrons. The molecule has 1 N–H and O–H groups in total. The van der Waals surface area contributed by atoms with Crippen LogP contribution < -0.4 is 9.62 Å². The molecule has 0 heterocycles. The van der Waals surface area contributed by atoms with Gasteiger partial charge in [-0.25, -0.2) is 8.42 Å². The summed E-state index contributed by atoms with van der Waals surface area (Å²) in [6.45, 7) is 4.89. The van der Waals surface area contributed by atoms with Crippen molar-refractivity contribution >= 4 is 39.1 Å². The Morgan fingerprint density at radius 1 is 0.972 bits per heavy atom. The van der Waals surface area contributed by atoms with Crippen LogP contribution in [0, 0.1) is 13.8 Å². The van der Waals surface area contributed by atoms with Crippen LogP contribution in [0.15, 0.2) is 77.7 Å². The van der Waals surface area contributed by atoms with Gasteiger partial charge in [0.05, 0.1) is 10.6 Å². The van der Waals surface area contributed by atoms with E-state index in [4.69, 9.17) is 11.6 Å². The Morgan fingerprint density at radius 3 is 2.28 bits per heavy atom. The van der Waals surface area contributed by atoms with E-state index in [1.54, 1.807) is 50.2 Å². The van der Waals surface area contributed by atoms with Crippen molar-refractivity contribution in [3.63, 3.8) is 0 Å². The maximum absolute atomic E-state index is 13.8. The maximum Gasteiger partial charge on any atom is 0.264 e. The summed E-state index contributed by atoms with van der Waals surface area (Å²) < 4.78 is 28.6. The monoisotopic (exact) mass is 527 g/mol. The number of halogens is 1. The van der Waals surface area contributed by atoms with E-state index >= 15 is 0 Å². The summed E-state index contributed by atoms with van der Waals surface area (Å²) in [6, 6.07) is 19.6. The minimum absolute atomic E-state index is 0.0433. The minimum atomic E-state index is -4.13. The average Bonchev–Trinajstić information content (AvgIpc) is 2.87. The largest absolute Gasteiger partial charge is 0.357 e. The molecule has 0 bridgehead atoms. The second-order valence-electron chi connectivity index (χ2n) is 8.51. The lowest BCUT2D eigenvalue weighted by Crippen LogP contribution is -2.50. The van der Waals surface area contributed by atoms with Gasteiger partial charge in [0.15, 0.2) is 0 Å². The number of nitrogens with one attached hydrogen (secondary N) is 1. The number of carbonyl (C=O) groups is 2. The Balaban J connectivity index is 2.07. The fourth-order valence-corrected chi connectivity index (χ4v) is 5.56.